The third-order valence-electron chi connectivity index (χ3n) is 5.86. The monoisotopic (exact) mass is 514 g/mol. The maximum Gasteiger partial charge on any atom is 0.243 e. The first-order valence-corrected chi connectivity index (χ1v) is 11.8. The third-order valence-corrected chi connectivity index (χ3v) is 6.39. The van der Waals surface area contributed by atoms with Gasteiger partial charge in [0.15, 0.2) is 0 Å². The van der Waals surface area contributed by atoms with E-state index in [-0.39, 0.29) is 30.7 Å². The van der Waals surface area contributed by atoms with Gasteiger partial charge in [0.1, 0.15) is 11.9 Å². The highest BCUT2D eigenvalue weighted by Crippen LogP contribution is 2.17. The summed E-state index contributed by atoms with van der Waals surface area (Å²) in [7, 11) is 0. The van der Waals surface area contributed by atoms with Crippen molar-refractivity contribution in [3.05, 3.63) is 53.1 Å². The summed E-state index contributed by atoms with van der Waals surface area (Å²) in [6.45, 7) is 4.05. The summed E-state index contributed by atoms with van der Waals surface area (Å²) in [5.41, 5.74) is 0.642. The zero-order chi connectivity index (χ0) is 23.2. The van der Waals surface area contributed by atoms with E-state index >= 15 is 0 Å². The molecule has 2 fully saturated rings. The fraction of sp³-hybridized carbons (Fsp3) is 0.391. The minimum atomic E-state index is -0.809. The summed E-state index contributed by atoms with van der Waals surface area (Å²) in [6.07, 6.45) is 1.70. The van der Waals surface area contributed by atoms with Gasteiger partial charge in [0.05, 0.1) is 13.0 Å². The summed E-state index contributed by atoms with van der Waals surface area (Å²) >= 11 is 3.36. The second-order valence-corrected chi connectivity index (χ2v) is 9.02. The molecule has 1 atom stereocenters. The van der Waals surface area contributed by atoms with Crippen LogP contribution in [0, 0.1) is 0 Å². The Hall–Kier alpha value is -2.98. The highest BCUT2D eigenvalue weighted by atomic mass is 79.9. The zero-order valence-corrected chi connectivity index (χ0v) is 19.8. The maximum absolute atomic E-state index is 13.1. The number of pyridine rings is 1. The number of aromatic nitrogens is 1. The number of carbonyl (C=O) groups is 3. The number of amides is 3. The van der Waals surface area contributed by atoms with E-state index < -0.39 is 6.04 Å². The molecule has 3 heterocycles. The fourth-order valence-corrected chi connectivity index (χ4v) is 4.36. The molecule has 2 N–H and O–H groups in total. The molecular formula is C23H27BrN6O3. The van der Waals surface area contributed by atoms with Crippen LogP contribution in [0.2, 0.25) is 0 Å². The van der Waals surface area contributed by atoms with Crippen LogP contribution in [-0.2, 0) is 14.4 Å². The molecule has 0 aliphatic carbocycles. The molecule has 0 saturated carbocycles. The highest BCUT2D eigenvalue weighted by Gasteiger charge is 2.35. The zero-order valence-electron chi connectivity index (χ0n) is 18.2. The third kappa shape index (κ3) is 6.08. The lowest BCUT2D eigenvalue weighted by Gasteiger charge is -2.38. The predicted molar refractivity (Wildman–Crippen MR) is 129 cm³/mol. The van der Waals surface area contributed by atoms with Crippen molar-refractivity contribution in [2.75, 3.05) is 56.0 Å². The minimum absolute atomic E-state index is 0.0823. The first kappa shape index (κ1) is 23.2. The van der Waals surface area contributed by atoms with E-state index in [2.05, 4.69) is 41.3 Å². The summed E-state index contributed by atoms with van der Waals surface area (Å²) in [5, 5.41) is 5.57. The quantitative estimate of drug-likeness (QED) is 0.603. The number of hydrogen-bond acceptors (Lipinski definition) is 6. The largest absolute Gasteiger partial charge is 0.354 e. The van der Waals surface area contributed by atoms with Gasteiger partial charge in [-0.15, -0.1) is 0 Å². The second-order valence-electron chi connectivity index (χ2n) is 8.10. The minimum Gasteiger partial charge on any atom is -0.354 e. The lowest BCUT2D eigenvalue weighted by molar-refractivity contribution is -0.145. The van der Waals surface area contributed by atoms with Gasteiger partial charge in [-0.3, -0.25) is 19.3 Å². The lowest BCUT2D eigenvalue weighted by atomic mass is 10.1. The normalized spacial score (nSPS) is 19.2. The van der Waals surface area contributed by atoms with E-state index in [0.29, 0.717) is 18.8 Å². The molecule has 4 rings (SSSR count). The van der Waals surface area contributed by atoms with Crippen LogP contribution in [0.1, 0.15) is 6.42 Å². The maximum atomic E-state index is 13.1. The Kier molecular flexibility index (Phi) is 7.56. The number of rotatable bonds is 6. The molecule has 0 bridgehead atoms. The molecule has 33 heavy (non-hydrogen) atoms. The van der Waals surface area contributed by atoms with Crippen LogP contribution in [-0.4, -0.2) is 84.4 Å². The number of carbonyl (C=O) groups excluding carboxylic acids is 3. The van der Waals surface area contributed by atoms with E-state index in [1.807, 2.05) is 30.3 Å². The Morgan fingerprint density at radius 3 is 2.52 bits per heavy atom. The van der Waals surface area contributed by atoms with Crippen LogP contribution in [0.25, 0.3) is 0 Å². The van der Waals surface area contributed by atoms with E-state index in [1.54, 1.807) is 23.2 Å². The predicted octanol–water partition coefficient (Wildman–Crippen LogP) is 1.32. The number of nitrogens with zero attached hydrogens (tertiary/aromatic N) is 4. The molecule has 0 unspecified atom stereocenters. The Morgan fingerprint density at radius 2 is 1.82 bits per heavy atom. The Morgan fingerprint density at radius 1 is 1.06 bits per heavy atom. The van der Waals surface area contributed by atoms with Gasteiger partial charge in [-0.2, -0.15) is 0 Å². The van der Waals surface area contributed by atoms with Gasteiger partial charge in [0.25, 0.3) is 0 Å². The van der Waals surface area contributed by atoms with Crippen molar-refractivity contribution in [1.82, 2.24) is 20.1 Å². The molecule has 3 amide bonds. The van der Waals surface area contributed by atoms with Gasteiger partial charge >= 0.3 is 0 Å². The van der Waals surface area contributed by atoms with Crippen molar-refractivity contribution in [2.24, 2.45) is 0 Å². The van der Waals surface area contributed by atoms with E-state index in [9.17, 15) is 14.4 Å². The summed E-state index contributed by atoms with van der Waals surface area (Å²) < 4.78 is 0.907. The van der Waals surface area contributed by atoms with Crippen molar-refractivity contribution in [3.63, 3.8) is 0 Å². The first-order chi connectivity index (χ1) is 16.0. The average Bonchev–Trinajstić information content (AvgIpc) is 2.83. The summed E-state index contributed by atoms with van der Waals surface area (Å²) in [4.78, 5) is 48.4. The van der Waals surface area contributed by atoms with E-state index in [4.69, 9.17) is 0 Å². The molecule has 2 aromatic rings. The summed E-state index contributed by atoms with van der Waals surface area (Å²) in [6, 6.07) is 12.2. The molecule has 2 aliphatic heterocycles. The van der Waals surface area contributed by atoms with E-state index in [0.717, 1.165) is 36.5 Å². The van der Waals surface area contributed by atoms with Gasteiger partial charge in [-0.05, 0) is 36.4 Å². The number of nitrogens with one attached hydrogen (secondary N) is 2. The van der Waals surface area contributed by atoms with Gasteiger partial charge in [-0.1, -0.05) is 22.0 Å². The molecule has 2 saturated heterocycles. The number of hydrogen-bond donors (Lipinski definition) is 2. The SMILES string of the molecule is O=C(C[C@H]1C(=O)NCCN1C(=O)CN1CCN(c2ccccn2)CC1)Nc1ccc(Br)cc1. The molecule has 1 aromatic heterocycles. The number of piperazine rings is 2. The number of benzene rings is 1. The van der Waals surface area contributed by atoms with Gasteiger partial charge in [-0.25, -0.2) is 4.98 Å². The van der Waals surface area contributed by atoms with Crippen LogP contribution >= 0.6 is 15.9 Å². The Balaban J connectivity index is 1.32. The van der Waals surface area contributed by atoms with Crippen LogP contribution in [0.3, 0.4) is 0 Å². The topological polar surface area (TPSA) is 97.9 Å². The van der Waals surface area contributed by atoms with Crippen molar-refractivity contribution in [1.29, 1.82) is 0 Å². The number of anilines is 2. The van der Waals surface area contributed by atoms with Gasteiger partial charge in [0, 0.05) is 55.6 Å². The van der Waals surface area contributed by atoms with Crippen LogP contribution in [0.4, 0.5) is 11.5 Å². The van der Waals surface area contributed by atoms with Crippen molar-refractivity contribution < 1.29 is 14.4 Å². The smallest absolute Gasteiger partial charge is 0.243 e. The molecule has 10 heteroatoms. The van der Waals surface area contributed by atoms with Crippen LogP contribution in [0.5, 0.6) is 0 Å². The molecular weight excluding hydrogens is 488 g/mol. The lowest BCUT2D eigenvalue weighted by Crippen LogP contribution is -2.60. The standard InChI is InChI=1S/C23H27BrN6O3/c24-17-4-6-18(7-5-17)27-21(31)15-19-23(33)26-9-10-30(19)22(32)16-28-11-13-29(14-12-28)20-3-1-2-8-25-20/h1-8,19H,9-16H2,(H,26,33)(H,27,31)/t19-/m0/s1. The van der Waals surface area contributed by atoms with Gasteiger partial charge in [0.2, 0.25) is 17.7 Å². The van der Waals surface area contributed by atoms with Gasteiger partial charge < -0.3 is 20.4 Å². The van der Waals surface area contributed by atoms with Crippen LogP contribution in [0.15, 0.2) is 53.1 Å². The second kappa shape index (κ2) is 10.8. The Bertz CT molecular complexity index is 979. The average molecular weight is 515 g/mol. The fourth-order valence-electron chi connectivity index (χ4n) is 4.09. The summed E-state index contributed by atoms with van der Waals surface area (Å²) in [5.74, 6) is 0.215. The highest BCUT2D eigenvalue weighted by molar-refractivity contribution is 9.10. The molecule has 1 aromatic carbocycles. The molecule has 0 spiro atoms. The molecule has 2 aliphatic rings. The van der Waals surface area contributed by atoms with Crippen molar-refractivity contribution in [2.45, 2.75) is 12.5 Å². The van der Waals surface area contributed by atoms with Crippen molar-refractivity contribution >= 4 is 45.2 Å². The molecule has 174 valence electrons. The number of halogens is 1. The Labute approximate surface area is 201 Å². The molecule has 0 radical (unpaired) electrons. The van der Waals surface area contributed by atoms with Crippen LogP contribution < -0.4 is 15.5 Å². The van der Waals surface area contributed by atoms with Crippen molar-refractivity contribution in [3.8, 4) is 0 Å². The molecule has 9 nitrogen and oxygen atoms in total. The van der Waals surface area contributed by atoms with E-state index in [1.165, 1.54) is 0 Å². The first-order valence-electron chi connectivity index (χ1n) is 11.0.